The maximum Gasteiger partial charge on any atom is 0.239 e. The number of nitrogens with zero attached hydrogens (tertiary/aromatic N) is 2. The molecule has 2 heterocycles. The van der Waals surface area contributed by atoms with Crippen molar-refractivity contribution in [3.63, 3.8) is 0 Å². The molecule has 2 aromatic carbocycles. The van der Waals surface area contributed by atoms with Crippen molar-refractivity contribution in [2.45, 2.75) is 50.5 Å². The highest BCUT2D eigenvalue weighted by atomic mass is 19.1. The van der Waals surface area contributed by atoms with Crippen LogP contribution in [0.2, 0.25) is 0 Å². The van der Waals surface area contributed by atoms with Gasteiger partial charge in [-0.3, -0.25) is 19.4 Å². The summed E-state index contributed by atoms with van der Waals surface area (Å²) in [6.07, 6.45) is 1.96. The third-order valence-electron chi connectivity index (χ3n) is 7.00. The van der Waals surface area contributed by atoms with Crippen LogP contribution in [0.25, 0.3) is 0 Å². The molecule has 4 rings (SSSR count). The Kier molecular flexibility index (Phi) is 7.80. The molecule has 2 saturated heterocycles. The van der Waals surface area contributed by atoms with Crippen LogP contribution in [0.15, 0.2) is 48.5 Å². The minimum Gasteiger partial charge on any atom is -0.497 e. The number of ether oxygens (including phenoxy) is 1. The third kappa shape index (κ3) is 5.74. The first-order valence-corrected chi connectivity index (χ1v) is 11.8. The first-order chi connectivity index (χ1) is 16.4. The van der Waals surface area contributed by atoms with Crippen LogP contribution >= 0.6 is 0 Å². The molecule has 2 aromatic rings. The lowest BCUT2D eigenvalue weighted by Crippen LogP contribution is -2.49. The van der Waals surface area contributed by atoms with E-state index in [-0.39, 0.29) is 35.8 Å². The molecule has 2 aliphatic rings. The SMILES string of the molecule is COc1ccc(CNC(=O)CC[C@H]2CNC(=O)[C@@H]3[C@@H](CCN3Cc3ccc(F)cc3)N2C)cc1. The van der Waals surface area contributed by atoms with E-state index in [0.29, 0.717) is 32.5 Å². The van der Waals surface area contributed by atoms with E-state index in [1.54, 1.807) is 19.2 Å². The monoisotopic (exact) mass is 468 g/mol. The highest BCUT2D eigenvalue weighted by Gasteiger charge is 2.44. The molecule has 0 unspecified atom stereocenters. The van der Waals surface area contributed by atoms with Crippen molar-refractivity contribution in [1.82, 2.24) is 20.4 Å². The number of hydrogen-bond donors (Lipinski definition) is 2. The molecule has 182 valence electrons. The molecule has 3 atom stereocenters. The number of nitrogens with one attached hydrogen (secondary N) is 2. The molecule has 0 aliphatic carbocycles. The molecule has 34 heavy (non-hydrogen) atoms. The summed E-state index contributed by atoms with van der Waals surface area (Å²) < 4.78 is 18.4. The summed E-state index contributed by atoms with van der Waals surface area (Å²) in [6, 6.07) is 14.0. The van der Waals surface area contributed by atoms with E-state index in [0.717, 1.165) is 29.8 Å². The average molecular weight is 469 g/mol. The minimum atomic E-state index is -0.258. The van der Waals surface area contributed by atoms with Crippen molar-refractivity contribution >= 4 is 11.8 Å². The summed E-state index contributed by atoms with van der Waals surface area (Å²) in [7, 11) is 3.68. The minimum absolute atomic E-state index is 0.000648. The molecule has 2 aliphatic heterocycles. The van der Waals surface area contributed by atoms with Crippen molar-refractivity contribution in [2.24, 2.45) is 0 Å². The number of benzene rings is 2. The molecule has 8 heteroatoms. The maximum atomic E-state index is 13.3. The van der Waals surface area contributed by atoms with Crippen molar-refractivity contribution in [3.05, 3.63) is 65.5 Å². The number of hydrogen-bond acceptors (Lipinski definition) is 5. The summed E-state index contributed by atoms with van der Waals surface area (Å²) in [5.41, 5.74) is 2.01. The smallest absolute Gasteiger partial charge is 0.239 e. The predicted octanol–water partition coefficient (Wildman–Crippen LogP) is 2.30. The normalized spacial score (nSPS) is 23.1. The second kappa shape index (κ2) is 11.0. The standard InChI is InChI=1S/C26H33FN4O3/c1-30-21(9-12-24(32)28-15-18-5-10-22(34-2)11-6-18)16-29-26(33)25-23(30)13-14-31(25)17-19-3-7-20(27)8-4-19/h3-8,10-11,21,23,25H,9,12-17H2,1-2H3,(H,28,32)(H,29,33)/t21-,23+,25-/m0/s1. The van der Waals surface area contributed by atoms with Crippen LogP contribution in [0.4, 0.5) is 4.39 Å². The number of carbonyl (C=O) groups excluding carboxylic acids is 2. The first kappa shape index (κ1) is 24.2. The van der Waals surface area contributed by atoms with Gasteiger partial charge in [-0.15, -0.1) is 0 Å². The Morgan fingerprint density at radius 2 is 1.85 bits per heavy atom. The van der Waals surface area contributed by atoms with Gasteiger partial charge in [-0.25, -0.2) is 4.39 Å². The van der Waals surface area contributed by atoms with Gasteiger partial charge >= 0.3 is 0 Å². The molecular formula is C26H33FN4O3. The summed E-state index contributed by atoms with van der Waals surface area (Å²) in [6.45, 7) is 2.42. The predicted molar refractivity (Wildman–Crippen MR) is 128 cm³/mol. The molecule has 7 nitrogen and oxygen atoms in total. The van der Waals surface area contributed by atoms with Crippen LogP contribution in [0.1, 0.15) is 30.4 Å². The second-order valence-electron chi connectivity index (χ2n) is 9.13. The average Bonchev–Trinajstić information content (AvgIpc) is 3.22. The maximum absolute atomic E-state index is 13.3. The van der Waals surface area contributed by atoms with E-state index in [2.05, 4.69) is 27.5 Å². The number of carbonyl (C=O) groups is 2. The topological polar surface area (TPSA) is 73.9 Å². The molecule has 0 spiro atoms. The van der Waals surface area contributed by atoms with Gasteiger partial charge in [0.15, 0.2) is 0 Å². The largest absolute Gasteiger partial charge is 0.497 e. The molecule has 0 bridgehead atoms. The van der Waals surface area contributed by atoms with Crippen LogP contribution in [0, 0.1) is 5.82 Å². The number of rotatable bonds is 8. The van der Waals surface area contributed by atoms with E-state index < -0.39 is 0 Å². The van der Waals surface area contributed by atoms with Gasteiger partial charge in [-0.1, -0.05) is 24.3 Å². The van der Waals surface area contributed by atoms with Gasteiger partial charge in [0, 0.05) is 44.7 Å². The number of fused-ring (bicyclic) bond motifs is 1. The van der Waals surface area contributed by atoms with Crippen LogP contribution in [0.3, 0.4) is 0 Å². The molecule has 2 amide bonds. The fourth-order valence-corrected chi connectivity index (χ4v) is 4.98. The highest BCUT2D eigenvalue weighted by Crippen LogP contribution is 2.28. The fourth-order valence-electron chi connectivity index (χ4n) is 4.98. The van der Waals surface area contributed by atoms with E-state index in [1.807, 2.05) is 24.3 Å². The Morgan fingerprint density at radius 1 is 1.15 bits per heavy atom. The lowest BCUT2D eigenvalue weighted by molar-refractivity contribution is -0.126. The first-order valence-electron chi connectivity index (χ1n) is 11.8. The molecule has 0 saturated carbocycles. The summed E-state index contributed by atoms with van der Waals surface area (Å²) in [5.74, 6) is 0.560. The third-order valence-corrected chi connectivity index (χ3v) is 7.00. The molecule has 0 aromatic heterocycles. The van der Waals surface area contributed by atoms with E-state index in [9.17, 15) is 14.0 Å². The Hall–Kier alpha value is -2.97. The molecule has 0 radical (unpaired) electrons. The van der Waals surface area contributed by atoms with Crippen molar-refractivity contribution in [1.29, 1.82) is 0 Å². The lowest BCUT2D eigenvalue weighted by Gasteiger charge is -2.33. The van der Waals surface area contributed by atoms with Crippen LogP contribution in [-0.4, -0.2) is 67.0 Å². The quantitative estimate of drug-likeness (QED) is 0.622. The second-order valence-corrected chi connectivity index (χ2v) is 9.13. The van der Waals surface area contributed by atoms with Crippen LogP contribution in [0.5, 0.6) is 5.75 Å². The summed E-state index contributed by atoms with van der Waals surface area (Å²) in [4.78, 5) is 29.9. The zero-order valence-corrected chi connectivity index (χ0v) is 19.8. The van der Waals surface area contributed by atoms with Crippen molar-refractivity contribution in [3.8, 4) is 5.75 Å². The number of halogens is 1. The van der Waals surface area contributed by atoms with E-state index in [4.69, 9.17) is 4.74 Å². The Bertz CT molecular complexity index is 983. The Balaban J connectivity index is 1.30. The van der Waals surface area contributed by atoms with Gasteiger partial charge in [-0.2, -0.15) is 0 Å². The van der Waals surface area contributed by atoms with E-state index >= 15 is 0 Å². The zero-order valence-electron chi connectivity index (χ0n) is 19.8. The molecule has 2 fully saturated rings. The van der Waals surface area contributed by atoms with Gasteiger partial charge in [0.2, 0.25) is 11.8 Å². The van der Waals surface area contributed by atoms with E-state index in [1.165, 1.54) is 12.1 Å². The van der Waals surface area contributed by atoms with Crippen LogP contribution < -0.4 is 15.4 Å². The van der Waals surface area contributed by atoms with Gasteiger partial charge < -0.3 is 15.4 Å². The van der Waals surface area contributed by atoms with Crippen LogP contribution in [-0.2, 0) is 22.7 Å². The zero-order chi connectivity index (χ0) is 24.1. The van der Waals surface area contributed by atoms with Gasteiger partial charge in [0.1, 0.15) is 17.6 Å². The Morgan fingerprint density at radius 3 is 2.56 bits per heavy atom. The van der Waals surface area contributed by atoms with Gasteiger partial charge in [0.05, 0.1) is 7.11 Å². The highest BCUT2D eigenvalue weighted by molar-refractivity contribution is 5.83. The number of methoxy groups -OCH3 is 1. The Labute approximate surface area is 200 Å². The lowest BCUT2D eigenvalue weighted by atomic mass is 10.0. The summed E-state index contributed by atoms with van der Waals surface area (Å²) in [5, 5.41) is 6.07. The molecular weight excluding hydrogens is 435 g/mol. The number of likely N-dealkylation sites (tertiary alicyclic amines) is 1. The van der Waals surface area contributed by atoms with Gasteiger partial charge in [-0.05, 0) is 55.3 Å². The molecule has 2 N–H and O–H groups in total. The van der Waals surface area contributed by atoms with Crippen molar-refractivity contribution in [2.75, 3.05) is 27.2 Å². The fraction of sp³-hybridized carbons (Fsp3) is 0.462. The summed E-state index contributed by atoms with van der Waals surface area (Å²) >= 11 is 0. The number of amides is 2. The van der Waals surface area contributed by atoms with Gasteiger partial charge in [0.25, 0.3) is 0 Å². The van der Waals surface area contributed by atoms with Crippen molar-refractivity contribution < 1.29 is 18.7 Å². The number of likely N-dealkylation sites (N-methyl/N-ethyl adjacent to an activating group) is 1.